The lowest BCUT2D eigenvalue weighted by Crippen LogP contribution is -2.23. The lowest BCUT2D eigenvalue weighted by atomic mass is 9.77. The van der Waals surface area contributed by atoms with Gasteiger partial charge in [-0.3, -0.25) is 4.79 Å². The Labute approximate surface area is 131 Å². The van der Waals surface area contributed by atoms with E-state index in [0.29, 0.717) is 12.0 Å². The van der Waals surface area contributed by atoms with Crippen molar-refractivity contribution in [2.45, 2.75) is 24.9 Å². The summed E-state index contributed by atoms with van der Waals surface area (Å²) < 4.78 is 4.25. The molecule has 0 aromatic heterocycles. The number of methoxy groups -OCH3 is 1. The average Bonchev–Trinajstić information content (AvgIpc) is 2.55. The van der Waals surface area contributed by atoms with E-state index in [1.807, 2.05) is 36.4 Å². The van der Waals surface area contributed by atoms with E-state index >= 15 is 0 Å². The second-order valence-electron chi connectivity index (χ2n) is 5.54. The lowest BCUT2D eigenvalue weighted by molar-refractivity contribution is 0.112. The zero-order valence-corrected chi connectivity index (χ0v) is 13.0. The zero-order valence-electron chi connectivity index (χ0n) is 13.0. The summed E-state index contributed by atoms with van der Waals surface area (Å²) in [6, 6.07) is 15.9. The summed E-state index contributed by atoms with van der Waals surface area (Å²) in [5.41, 5.74) is 4.24. The van der Waals surface area contributed by atoms with Crippen molar-refractivity contribution in [2.24, 2.45) is 0 Å². The van der Waals surface area contributed by atoms with Crippen LogP contribution < -0.4 is 0 Å². The number of aliphatic hydroxyl groups is 1. The SMILES string of the molecule is COC.O=Cc1ccc2c(c1)C(c1ccccc1)CC(O)C2. The summed E-state index contributed by atoms with van der Waals surface area (Å²) in [7, 11) is 3.25. The fraction of sp³-hybridized carbons (Fsp3) is 0.316. The number of rotatable bonds is 2. The average molecular weight is 298 g/mol. The molecule has 116 valence electrons. The van der Waals surface area contributed by atoms with Crippen molar-refractivity contribution in [3.63, 3.8) is 0 Å². The third-order valence-corrected chi connectivity index (χ3v) is 3.85. The van der Waals surface area contributed by atoms with Crippen LogP contribution in [-0.2, 0) is 11.2 Å². The Morgan fingerprint density at radius 1 is 1.14 bits per heavy atom. The monoisotopic (exact) mass is 298 g/mol. The van der Waals surface area contributed by atoms with Crippen molar-refractivity contribution in [2.75, 3.05) is 14.2 Å². The highest BCUT2D eigenvalue weighted by Gasteiger charge is 2.26. The molecule has 0 spiro atoms. The third-order valence-electron chi connectivity index (χ3n) is 3.85. The van der Waals surface area contributed by atoms with Crippen LogP contribution in [0, 0.1) is 0 Å². The van der Waals surface area contributed by atoms with E-state index in [1.165, 1.54) is 11.1 Å². The van der Waals surface area contributed by atoms with Gasteiger partial charge >= 0.3 is 0 Å². The van der Waals surface area contributed by atoms with Gasteiger partial charge in [0.05, 0.1) is 6.10 Å². The Morgan fingerprint density at radius 3 is 2.45 bits per heavy atom. The molecule has 0 radical (unpaired) electrons. The van der Waals surface area contributed by atoms with Crippen LogP contribution in [0.5, 0.6) is 0 Å². The maximum atomic E-state index is 11.0. The first kappa shape index (κ1) is 16.4. The molecule has 2 aromatic carbocycles. The van der Waals surface area contributed by atoms with Crippen molar-refractivity contribution >= 4 is 6.29 Å². The van der Waals surface area contributed by atoms with Crippen molar-refractivity contribution in [3.8, 4) is 0 Å². The first-order valence-electron chi connectivity index (χ1n) is 7.40. The molecule has 2 atom stereocenters. The Kier molecular flexibility index (Phi) is 5.87. The molecule has 0 fully saturated rings. The number of ether oxygens (including phenoxy) is 1. The minimum atomic E-state index is -0.306. The standard InChI is InChI=1S/C17H16O2.C2H6O/c18-11-12-6-7-14-9-15(19)10-17(16(14)8-12)13-4-2-1-3-5-13;1-3-2/h1-8,11,15,17,19H,9-10H2;1-2H3. The van der Waals surface area contributed by atoms with Crippen LogP contribution in [0.3, 0.4) is 0 Å². The van der Waals surface area contributed by atoms with E-state index < -0.39 is 0 Å². The van der Waals surface area contributed by atoms with Crippen LogP contribution in [0.15, 0.2) is 48.5 Å². The number of fused-ring (bicyclic) bond motifs is 1. The molecule has 1 aliphatic rings. The third kappa shape index (κ3) is 3.81. The summed E-state index contributed by atoms with van der Waals surface area (Å²) in [6.07, 6.45) is 1.98. The molecule has 3 rings (SSSR count). The van der Waals surface area contributed by atoms with Crippen molar-refractivity contribution in [1.29, 1.82) is 0 Å². The second-order valence-corrected chi connectivity index (χ2v) is 5.54. The Morgan fingerprint density at radius 2 is 1.82 bits per heavy atom. The Balaban J connectivity index is 0.000000545. The van der Waals surface area contributed by atoms with Crippen LogP contribution in [0.4, 0.5) is 0 Å². The summed E-state index contributed by atoms with van der Waals surface area (Å²) in [5.74, 6) is 0.180. The second kappa shape index (κ2) is 7.87. The molecule has 3 nitrogen and oxygen atoms in total. The smallest absolute Gasteiger partial charge is 0.150 e. The molecular weight excluding hydrogens is 276 g/mol. The van der Waals surface area contributed by atoms with Gasteiger partial charge in [0.25, 0.3) is 0 Å². The summed E-state index contributed by atoms with van der Waals surface area (Å²) in [4.78, 5) is 11.0. The molecular formula is C19H22O3. The van der Waals surface area contributed by atoms with Gasteiger partial charge in [-0.2, -0.15) is 0 Å². The normalized spacial score (nSPS) is 19.6. The molecule has 0 amide bonds. The number of aldehydes is 1. The Hall–Kier alpha value is -1.97. The number of hydrogen-bond acceptors (Lipinski definition) is 3. The minimum Gasteiger partial charge on any atom is -0.393 e. The largest absolute Gasteiger partial charge is 0.393 e. The van der Waals surface area contributed by atoms with Crippen LogP contribution in [-0.4, -0.2) is 31.7 Å². The zero-order chi connectivity index (χ0) is 15.9. The van der Waals surface area contributed by atoms with E-state index in [1.54, 1.807) is 14.2 Å². The highest BCUT2D eigenvalue weighted by atomic mass is 16.4. The lowest BCUT2D eigenvalue weighted by Gasteiger charge is -2.29. The molecule has 22 heavy (non-hydrogen) atoms. The molecule has 0 bridgehead atoms. The van der Waals surface area contributed by atoms with Gasteiger partial charge < -0.3 is 9.84 Å². The quantitative estimate of drug-likeness (QED) is 0.866. The van der Waals surface area contributed by atoms with E-state index in [4.69, 9.17) is 0 Å². The van der Waals surface area contributed by atoms with Gasteiger partial charge in [-0.25, -0.2) is 0 Å². The van der Waals surface area contributed by atoms with Gasteiger partial charge in [-0.15, -0.1) is 0 Å². The number of carbonyl (C=O) groups excluding carboxylic acids is 1. The number of carbonyl (C=O) groups is 1. The maximum Gasteiger partial charge on any atom is 0.150 e. The van der Waals surface area contributed by atoms with Crippen LogP contribution >= 0.6 is 0 Å². The predicted octanol–water partition coefficient (Wildman–Crippen LogP) is 3.20. The fourth-order valence-corrected chi connectivity index (χ4v) is 2.93. The molecule has 1 aliphatic carbocycles. The van der Waals surface area contributed by atoms with Crippen LogP contribution in [0.25, 0.3) is 0 Å². The number of hydrogen-bond donors (Lipinski definition) is 1. The van der Waals surface area contributed by atoms with Gasteiger partial charge in [-0.1, -0.05) is 42.5 Å². The molecule has 0 saturated carbocycles. The van der Waals surface area contributed by atoms with Gasteiger partial charge in [0, 0.05) is 25.7 Å². The predicted molar refractivity (Wildman–Crippen MR) is 87.4 cm³/mol. The first-order valence-corrected chi connectivity index (χ1v) is 7.40. The molecule has 3 heteroatoms. The molecule has 0 heterocycles. The Bertz CT molecular complexity index is 607. The summed E-state index contributed by atoms with van der Waals surface area (Å²) >= 11 is 0. The maximum absolute atomic E-state index is 11.0. The summed E-state index contributed by atoms with van der Waals surface area (Å²) in [5, 5.41) is 10.0. The van der Waals surface area contributed by atoms with Crippen LogP contribution in [0.1, 0.15) is 39.4 Å². The molecule has 2 unspecified atom stereocenters. The molecule has 2 aromatic rings. The number of benzene rings is 2. The van der Waals surface area contributed by atoms with Crippen molar-refractivity contribution in [3.05, 3.63) is 70.8 Å². The van der Waals surface area contributed by atoms with E-state index in [2.05, 4.69) is 16.9 Å². The van der Waals surface area contributed by atoms with E-state index in [0.717, 1.165) is 18.3 Å². The highest BCUT2D eigenvalue weighted by Crippen LogP contribution is 2.37. The molecule has 0 aliphatic heterocycles. The van der Waals surface area contributed by atoms with Crippen molar-refractivity contribution < 1.29 is 14.6 Å². The topological polar surface area (TPSA) is 46.5 Å². The molecule has 1 N–H and O–H groups in total. The highest BCUT2D eigenvalue weighted by molar-refractivity contribution is 5.75. The number of aliphatic hydroxyl groups excluding tert-OH is 1. The minimum absolute atomic E-state index is 0.180. The summed E-state index contributed by atoms with van der Waals surface area (Å²) in [6.45, 7) is 0. The molecule has 0 saturated heterocycles. The van der Waals surface area contributed by atoms with Crippen LogP contribution in [0.2, 0.25) is 0 Å². The fourth-order valence-electron chi connectivity index (χ4n) is 2.93. The van der Waals surface area contributed by atoms with Gasteiger partial charge in [0.1, 0.15) is 6.29 Å². The van der Waals surface area contributed by atoms with Gasteiger partial charge in [-0.05, 0) is 35.6 Å². The van der Waals surface area contributed by atoms with E-state index in [-0.39, 0.29) is 12.0 Å². The van der Waals surface area contributed by atoms with E-state index in [9.17, 15) is 9.90 Å². The van der Waals surface area contributed by atoms with Gasteiger partial charge in [0.15, 0.2) is 0 Å². The van der Waals surface area contributed by atoms with Gasteiger partial charge in [0.2, 0.25) is 0 Å². The van der Waals surface area contributed by atoms with Crippen molar-refractivity contribution in [1.82, 2.24) is 0 Å². The first-order chi connectivity index (χ1) is 10.7.